The lowest BCUT2D eigenvalue weighted by Crippen LogP contribution is -2.45. The highest BCUT2D eigenvalue weighted by molar-refractivity contribution is 6.74. The van der Waals surface area contributed by atoms with Crippen LogP contribution >= 0.6 is 0 Å². The van der Waals surface area contributed by atoms with Crippen molar-refractivity contribution in [1.82, 2.24) is 15.0 Å². The van der Waals surface area contributed by atoms with Crippen molar-refractivity contribution in [3.63, 3.8) is 0 Å². The smallest absolute Gasteiger partial charge is 0.192 e. The minimum absolute atomic E-state index is 0.0484. The Morgan fingerprint density at radius 3 is 2.52 bits per heavy atom. The molecule has 0 unspecified atom stereocenters. The molecule has 0 saturated heterocycles. The standard InChI is InChI=1S/C19H29N3O2Si/c1-19(2,3)25(4,5)24-14-8-6-13(7-9-14)17(23)16-15-10-11-20-18(15)22-12-21-16/h10-14H,6-9H2,1-5H3,(H,20,21,22). The molecule has 1 N–H and O–H groups in total. The minimum atomic E-state index is -1.74. The number of Topliss-reactive ketones (excluding diaryl/α,β-unsaturated/α-hetero) is 1. The first kappa shape index (κ1) is 18.3. The molecule has 0 amide bonds. The van der Waals surface area contributed by atoms with E-state index >= 15 is 0 Å². The highest BCUT2D eigenvalue weighted by atomic mass is 28.4. The molecule has 2 heterocycles. The fourth-order valence-corrected chi connectivity index (χ4v) is 4.72. The quantitative estimate of drug-likeness (QED) is 0.633. The summed E-state index contributed by atoms with van der Waals surface area (Å²) in [6, 6.07) is 1.88. The SMILES string of the molecule is CC(C)(C)[Si](C)(C)OC1CCC(C(=O)c2ncnc3[nH]ccc23)CC1. The number of aromatic amines is 1. The van der Waals surface area contributed by atoms with Crippen molar-refractivity contribution >= 4 is 25.1 Å². The summed E-state index contributed by atoms with van der Waals surface area (Å²) in [7, 11) is -1.74. The Morgan fingerprint density at radius 2 is 1.88 bits per heavy atom. The van der Waals surface area contributed by atoms with Crippen LogP contribution in [0.2, 0.25) is 18.1 Å². The molecule has 6 heteroatoms. The van der Waals surface area contributed by atoms with E-state index in [1.165, 1.54) is 6.33 Å². The lowest BCUT2D eigenvalue weighted by atomic mass is 9.83. The van der Waals surface area contributed by atoms with E-state index < -0.39 is 8.32 Å². The van der Waals surface area contributed by atoms with Gasteiger partial charge in [-0.1, -0.05) is 20.8 Å². The lowest BCUT2D eigenvalue weighted by Gasteiger charge is -2.41. The van der Waals surface area contributed by atoms with Gasteiger partial charge in [-0.3, -0.25) is 4.79 Å². The number of hydrogen-bond donors (Lipinski definition) is 1. The Bertz CT molecular complexity index is 755. The van der Waals surface area contributed by atoms with Gasteiger partial charge in [0.25, 0.3) is 0 Å². The first-order chi connectivity index (χ1) is 11.7. The van der Waals surface area contributed by atoms with Gasteiger partial charge in [-0.15, -0.1) is 0 Å². The maximum Gasteiger partial charge on any atom is 0.192 e. The number of H-pyrrole nitrogens is 1. The van der Waals surface area contributed by atoms with Gasteiger partial charge < -0.3 is 9.41 Å². The van der Waals surface area contributed by atoms with Crippen molar-refractivity contribution in [2.24, 2.45) is 5.92 Å². The molecule has 0 atom stereocenters. The number of ketones is 1. The van der Waals surface area contributed by atoms with Gasteiger partial charge >= 0.3 is 0 Å². The molecule has 1 saturated carbocycles. The first-order valence-corrected chi connectivity index (χ1v) is 12.1. The summed E-state index contributed by atoms with van der Waals surface area (Å²) in [4.78, 5) is 24.4. The third kappa shape index (κ3) is 3.70. The van der Waals surface area contributed by atoms with E-state index in [4.69, 9.17) is 4.43 Å². The van der Waals surface area contributed by atoms with E-state index in [1.807, 2.05) is 6.07 Å². The fourth-order valence-electron chi connectivity index (χ4n) is 3.30. The highest BCUT2D eigenvalue weighted by Crippen LogP contribution is 2.40. The molecule has 3 rings (SSSR count). The van der Waals surface area contributed by atoms with Crippen LogP contribution in [0.1, 0.15) is 56.9 Å². The summed E-state index contributed by atoms with van der Waals surface area (Å²) in [6.45, 7) is 11.4. The second kappa shape index (κ2) is 6.65. The van der Waals surface area contributed by atoms with Crippen LogP contribution in [-0.4, -0.2) is 35.2 Å². The number of hydrogen-bond acceptors (Lipinski definition) is 4. The zero-order chi connectivity index (χ0) is 18.2. The molecule has 2 aromatic rings. The van der Waals surface area contributed by atoms with Crippen LogP contribution in [0.3, 0.4) is 0 Å². The van der Waals surface area contributed by atoms with E-state index in [1.54, 1.807) is 6.20 Å². The van der Waals surface area contributed by atoms with E-state index in [0.717, 1.165) is 36.7 Å². The van der Waals surface area contributed by atoms with E-state index in [2.05, 4.69) is 48.8 Å². The molecule has 0 aliphatic heterocycles. The molecule has 5 nitrogen and oxygen atoms in total. The average molecular weight is 360 g/mol. The van der Waals surface area contributed by atoms with E-state index in [0.29, 0.717) is 11.8 Å². The van der Waals surface area contributed by atoms with Crippen molar-refractivity contribution in [3.05, 3.63) is 24.3 Å². The molecule has 1 aliphatic carbocycles. The zero-order valence-electron chi connectivity index (χ0n) is 15.9. The van der Waals surface area contributed by atoms with Crippen molar-refractivity contribution in [1.29, 1.82) is 0 Å². The van der Waals surface area contributed by atoms with Gasteiger partial charge in [0.05, 0.1) is 0 Å². The molecular formula is C19H29N3O2Si. The van der Waals surface area contributed by atoms with E-state index in [-0.39, 0.29) is 16.7 Å². The Hall–Kier alpha value is -1.53. The number of carbonyl (C=O) groups excluding carboxylic acids is 1. The van der Waals surface area contributed by atoms with Gasteiger partial charge in [0.15, 0.2) is 14.1 Å². The summed E-state index contributed by atoms with van der Waals surface area (Å²) >= 11 is 0. The van der Waals surface area contributed by atoms with Crippen molar-refractivity contribution in [3.8, 4) is 0 Å². The van der Waals surface area contributed by atoms with E-state index in [9.17, 15) is 4.79 Å². The van der Waals surface area contributed by atoms with Gasteiger partial charge in [-0.2, -0.15) is 0 Å². The summed E-state index contributed by atoms with van der Waals surface area (Å²) in [5.74, 6) is 0.199. The summed E-state index contributed by atoms with van der Waals surface area (Å²) in [5.41, 5.74) is 1.29. The van der Waals surface area contributed by atoms with Gasteiger partial charge in [-0.05, 0) is 49.9 Å². The molecule has 25 heavy (non-hydrogen) atoms. The number of nitrogens with one attached hydrogen (secondary N) is 1. The molecule has 136 valence electrons. The topological polar surface area (TPSA) is 67.9 Å². The molecule has 0 spiro atoms. The van der Waals surface area contributed by atoms with Crippen molar-refractivity contribution in [2.45, 2.75) is 70.7 Å². The van der Waals surface area contributed by atoms with Crippen molar-refractivity contribution in [2.75, 3.05) is 0 Å². The number of rotatable bonds is 4. The molecule has 0 radical (unpaired) electrons. The van der Waals surface area contributed by atoms with Gasteiger partial charge in [-0.25, -0.2) is 9.97 Å². The Labute approximate surface area is 150 Å². The number of aromatic nitrogens is 3. The number of fused-ring (bicyclic) bond motifs is 1. The zero-order valence-corrected chi connectivity index (χ0v) is 16.9. The van der Waals surface area contributed by atoms with Crippen LogP contribution in [0.4, 0.5) is 0 Å². The van der Waals surface area contributed by atoms with Crippen LogP contribution in [0, 0.1) is 5.92 Å². The molecular weight excluding hydrogens is 330 g/mol. The summed E-state index contributed by atoms with van der Waals surface area (Å²) in [5, 5.41) is 1.05. The summed E-state index contributed by atoms with van der Waals surface area (Å²) in [6.07, 6.45) is 7.26. The van der Waals surface area contributed by atoms with Crippen LogP contribution < -0.4 is 0 Å². The monoisotopic (exact) mass is 359 g/mol. The minimum Gasteiger partial charge on any atom is -0.414 e. The second-order valence-corrected chi connectivity index (χ2v) is 13.4. The molecule has 0 aromatic carbocycles. The lowest BCUT2D eigenvalue weighted by molar-refractivity contribution is 0.0781. The Morgan fingerprint density at radius 1 is 1.20 bits per heavy atom. The van der Waals surface area contributed by atoms with Crippen LogP contribution in [0.5, 0.6) is 0 Å². The van der Waals surface area contributed by atoms with Gasteiger partial charge in [0, 0.05) is 23.6 Å². The third-order valence-corrected chi connectivity index (χ3v) is 10.4. The van der Waals surface area contributed by atoms with Gasteiger partial charge in [0.1, 0.15) is 17.7 Å². The third-order valence-electron chi connectivity index (χ3n) is 5.90. The molecule has 0 bridgehead atoms. The number of nitrogens with zero attached hydrogens (tertiary/aromatic N) is 2. The average Bonchev–Trinajstić information content (AvgIpc) is 3.02. The second-order valence-electron chi connectivity index (χ2n) is 8.68. The molecule has 1 aliphatic rings. The maximum absolute atomic E-state index is 12.9. The van der Waals surface area contributed by atoms with Gasteiger partial charge in [0.2, 0.25) is 0 Å². The molecule has 1 fully saturated rings. The summed E-state index contributed by atoms with van der Waals surface area (Å²) < 4.78 is 6.53. The van der Waals surface area contributed by atoms with Crippen LogP contribution in [0.25, 0.3) is 11.0 Å². The van der Waals surface area contributed by atoms with Crippen LogP contribution in [-0.2, 0) is 4.43 Å². The Kier molecular flexibility index (Phi) is 4.86. The largest absolute Gasteiger partial charge is 0.414 e. The predicted molar refractivity (Wildman–Crippen MR) is 102 cm³/mol. The van der Waals surface area contributed by atoms with Crippen LogP contribution in [0.15, 0.2) is 18.6 Å². The predicted octanol–water partition coefficient (Wildman–Crippen LogP) is 4.72. The highest BCUT2D eigenvalue weighted by Gasteiger charge is 2.40. The normalized spacial score (nSPS) is 22.3. The Balaban J connectivity index is 1.65. The first-order valence-electron chi connectivity index (χ1n) is 9.19. The number of carbonyl (C=O) groups is 1. The fraction of sp³-hybridized carbons (Fsp3) is 0.632. The maximum atomic E-state index is 12.9. The van der Waals surface area contributed by atoms with Crippen molar-refractivity contribution < 1.29 is 9.22 Å². The molecule has 2 aromatic heterocycles.